The summed E-state index contributed by atoms with van der Waals surface area (Å²) in [6.07, 6.45) is 0. The molecule has 1 aliphatic carbocycles. The van der Waals surface area contributed by atoms with Gasteiger partial charge in [-0.1, -0.05) is 34.1 Å². The predicted molar refractivity (Wildman–Crippen MR) is 90.2 cm³/mol. The van der Waals surface area contributed by atoms with E-state index in [0.717, 1.165) is 0 Å². The highest BCUT2D eigenvalue weighted by Gasteiger charge is 2.38. The second-order valence-corrected chi connectivity index (χ2v) is 6.52. The first-order chi connectivity index (χ1) is 11.5. The van der Waals surface area contributed by atoms with Crippen LogP contribution in [0.25, 0.3) is 11.1 Å². The van der Waals surface area contributed by atoms with Crippen molar-refractivity contribution in [2.75, 3.05) is 0 Å². The van der Waals surface area contributed by atoms with Crippen LogP contribution in [0, 0.1) is 11.6 Å². The molecule has 0 saturated carbocycles. The van der Waals surface area contributed by atoms with Crippen molar-refractivity contribution in [2.24, 2.45) is 0 Å². The minimum Gasteiger partial charge on any atom is -0.507 e. The Hall–Kier alpha value is -2.40. The molecule has 3 aromatic rings. The molecule has 0 aromatic heterocycles. The molecule has 0 bridgehead atoms. The second-order valence-electron chi connectivity index (χ2n) is 5.66. The molecule has 0 amide bonds. The van der Waals surface area contributed by atoms with Crippen LogP contribution in [0.4, 0.5) is 8.78 Å². The van der Waals surface area contributed by atoms with E-state index in [9.17, 15) is 19.0 Å². The quantitative estimate of drug-likeness (QED) is 0.464. The zero-order valence-corrected chi connectivity index (χ0v) is 13.8. The minimum atomic E-state index is -0.921. The molecule has 24 heavy (non-hydrogen) atoms. The Kier molecular flexibility index (Phi) is 3.35. The van der Waals surface area contributed by atoms with Gasteiger partial charge in [0.15, 0.2) is 0 Å². The first-order valence-electron chi connectivity index (χ1n) is 7.28. The smallest absolute Gasteiger partial charge is 0.128 e. The molecule has 0 radical (unpaired) electrons. The normalized spacial score (nSPS) is 15.2. The van der Waals surface area contributed by atoms with Gasteiger partial charge >= 0.3 is 0 Å². The summed E-state index contributed by atoms with van der Waals surface area (Å²) >= 11 is 3.40. The lowest BCUT2D eigenvalue weighted by Crippen LogP contribution is -2.04. The predicted octanol–water partition coefficient (Wildman–Crippen LogP) is 5.30. The maximum atomic E-state index is 14.7. The molecule has 1 atom stereocenters. The van der Waals surface area contributed by atoms with Crippen LogP contribution in [0.5, 0.6) is 11.5 Å². The molecule has 0 saturated heterocycles. The van der Waals surface area contributed by atoms with Gasteiger partial charge in [-0.2, -0.15) is 0 Å². The Morgan fingerprint density at radius 3 is 2.08 bits per heavy atom. The van der Waals surface area contributed by atoms with Crippen LogP contribution < -0.4 is 0 Å². The van der Waals surface area contributed by atoms with E-state index in [4.69, 9.17) is 0 Å². The highest BCUT2D eigenvalue weighted by Crippen LogP contribution is 2.55. The van der Waals surface area contributed by atoms with E-state index >= 15 is 0 Å². The zero-order chi connectivity index (χ0) is 17.0. The van der Waals surface area contributed by atoms with Crippen LogP contribution >= 0.6 is 15.9 Å². The first kappa shape index (κ1) is 15.1. The van der Waals surface area contributed by atoms with E-state index in [1.54, 1.807) is 18.2 Å². The lowest BCUT2D eigenvalue weighted by atomic mass is 9.87. The number of phenols is 2. The highest BCUT2D eigenvalue weighted by molar-refractivity contribution is 9.10. The topological polar surface area (TPSA) is 40.5 Å². The second kappa shape index (κ2) is 5.31. The standard InChI is InChI=1S/C19H11BrF2O2/c20-10-7-8-12(22)17-15(10)9-3-1-4-11(21)16(9)19(17)18-13(23)5-2-6-14(18)24/h1-8,19,23-24H. The van der Waals surface area contributed by atoms with Gasteiger partial charge in [-0.05, 0) is 35.9 Å². The molecule has 120 valence electrons. The van der Waals surface area contributed by atoms with Gasteiger partial charge in [-0.3, -0.25) is 0 Å². The maximum Gasteiger partial charge on any atom is 0.128 e. The fraction of sp³-hybridized carbons (Fsp3) is 0.0526. The summed E-state index contributed by atoms with van der Waals surface area (Å²) in [5.41, 5.74) is 1.66. The third-order valence-electron chi connectivity index (χ3n) is 4.39. The number of aromatic hydroxyl groups is 2. The summed E-state index contributed by atoms with van der Waals surface area (Å²) in [5, 5.41) is 20.5. The maximum absolute atomic E-state index is 14.7. The van der Waals surface area contributed by atoms with Crippen molar-refractivity contribution in [1.29, 1.82) is 0 Å². The largest absolute Gasteiger partial charge is 0.507 e. The van der Waals surface area contributed by atoms with Crippen molar-refractivity contribution in [1.82, 2.24) is 0 Å². The molecule has 5 heteroatoms. The summed E-state index contributed by atoms with van der Waals surface area (Å²) in [6.45, 7) is 0. The van der Waals surface area contributed by atoms with Gasteiger partial charge < -0.3 is 10.2 Å². The van der Waals surface area contributed by atoms with Gasteiger partial charge in [0.1, 0.15) is 23.1 Å². The molecule has 0 spiro atoms. The molecule has 3 aromatic carbocycles. The number of hydrogen-bond acceptors (Lipinski definition) is 2. The molecule has 0 aliphatic heterocycles. The van der Waals surface area contributed by atoms with Crippen LogP contribution in [0.1, 0.15) is 22.6 Å². The summed E-state index contributed by atoms with van der Waals surface area (Å²) < 4.78 is 29.9. The molecular weight excluding hydrogens is 378 g/mol. The van der Waals surface area contributed by atoms with Crippen molar-refractivity contribution < 1.29 is 19.0 Å². The van der Waals surface area contributed by atoms with Gasteiger partial charge in [0.25, 0.3) is 0 Å². The fourth-order valence-electron chi connectivity index (χ4n) is 3.44. The Labute approximate surface area is 145 Å². The van der Waals surface area contributed by atoms with E-state index in [2.05, 4.69) is 15.9 Å². The Morgan fingerprint density at radius 1 is 0.750 bits per heavy atom. The van der Waals surface area contributed by atoms with E-state index in [0.29, 0.717) is 15.6 Å². The number of rotatable bonds is 1. The number of hydrogen-bond donors (Lipinski definition) is 2. The van der Waals surface area contributed by atoms with Crippen LogP contribution in [-0.2, 0) is 0 Å². The monoisotopic (exact) mass is 388 g/mol. The molecule has 2 N–H and O–H groups in total. The summed E-state index contributed by atoms with van der Waals surface area (Å²) in [4.78, 5) is 0. The molecule has 0 heterocycles. The minimum absolute atomic E-state index is 0.0969. The van der Waals surface area contributed by atoms with Gasteiger partial charge in [0, 0.05) is 32.6 Å². The van der Waals surface area contributed by atoms with E-state index < -0.39 is 17.6 Å². The lowest BCUT2D eigenvalue weighted by molar-refractivity contribution is 0.435. The third-order valence-corrected chi connectivity index (χ3v) is 5.05. The molecule has 1 aliphatic rings. The highest BCUT2D eigenvalue weighted by atomic mass is 79.9. The molecule has 1 unspecified atom stereocenters. The van der Waals surface area contributed by atoms with Gasteiger partial charge in [0.05, 0.1) is 0 Å². The molecule has 2 nitrogen and oxygen atoms in total. The van der Waals surface area contributed by atoms with Crippen LogP contribution in [0.15, 0.2) is 53.0 Å². The molecule has 4 rings (SSSR count). The zero-order valence-electron chi connectivity index (χ0n) is 12.2. The van der Waals surface area contributed by atoms with E-state index in [1.165, 1.54) is 30.3 Å². The Balaban J connectivity index is 2.16. The van der Waals surface area contributed by atoms with E-state index in [1.807, 2.05) is 0 Å². The molecule has 0 fully saturated rings. The average molecular weight is 389 g/mol. The number of benzene rings is 3. The Bertz CT molecular complexity index is 965. The van der Waals surface area contributed by atoms with Crippen LogP contribution in [-0.4, -0.2) is 10.2 Å². The van der Waals surface area contributed by atoms with Crippen molar-refractivity contribution >= 4 is 15.9 Å². The van der Waals surface area contributed by atoms with Crippen molar-refractivity contribution in [3.8, 4) is 22.6 Å². The Morgan fingerprint density at radius 2 is 1.38 bits per heavy atom. The molecular formula is C19H11BrF2O2. The lowest BCUT2D eigenvalue weighted by Gasteiger charge is -2.18. The van der Waals surface area contributed by atoms with Gasteiger partial charge in [-0.15, -0.1) is 0 Å². The number of halogens is 3. The number of phenolic OH excluding ortho intramolecular Hbond substituents is 2. The SMILES string of the molecule is Oc1cccc(O)c1C1c2c(F)cccc2-c2c(Br)ccc(F)c21. The van der Waals surface area contributed by atoms with Crippen molar-refractivity contribution in [3.05, 3.63) is 81.3 Å². The summed E-state index contributed by atoms with van der Waals surface area (Å²) in [6, 6.07) is 11.7. The average Bonchev–Trinajstić information content (AvgIpc) is 2.89. The van der Waals surface area contributed by atoms with Crippen LogP contribution in [0.3, 0.4) is 0 Å². The first-order valence-corrected chi connectivity index (χ1v) is 8.07. The fourth-order valence-corrected chi connectivity index (χ4v) is 4.00. The van der Waals surface area contributed by atoms with Gasteiger partial charge in [-0.25, -0.2) is 8.78 Å². The summed E-state index contributed by atoms with van der Waals surface area (Å²) in [5.74, 6) is -2.36. The van der Waals surface area contributed by atoms with Gasteiger partial charge in [0.2, 0.25) is 0 Å². The number of fused-ring (bicyclic) bond motifs is 3. The summed E-state index contributed by atoms with van der Waals surface area (Å²) in [7, 11) is 0. The van der Waals surface area contributed by atoms with E-state index in [-0.39, 0.29) is 28.2 Å². The van der Waals surface area contributed by atoms with Crippen molar-refractivity contribution in [3.63, 3.8) is 0 Å². The van der Waals surface area contributed by atoms with Crippen LogP contribution in [0.2, 0.25) is 0 Å². The third kappa shape index (κ3) is 1.97. The van der Waals surface area contributed by atoms with Crippen molar-refractivity contribution in [2.45, 2.75) is 5.92 Å².